The third-order valence-corrected chi connectivity index (χ3v) is 2.77. The van der Waals surface area contributed by atoms with Gasteiger partial charge in [-0.15, -0.1) is 0 Å². The number of rotatable bonds is 6. The first-order chi connectivity index (χ1) is 6.90. The summed E-state index contributed by atoms with van der Waals surface area (Å²) >= 11 is 0. The average molecular weight is 193 g/mol. The van der Waals surface area contributed by atoms with Crippen molar-refractivity contribution < 1.29 is 4.42 Å². The molecular weight excluding hydrogens is 174 g/mol. The van der Waals surface area contributed by atoms with Crippen LogP contribution >= 0.6 is 0 Å². The highest BCUT2D eigenvalue weighted by atomic mass is 16.3. The van der Waals surface area contributed by atoms with Crippen molar-refractivity contribution in [3.63, 3.8) is 0 Å². The van der Waals surface area contributed by atoms with Crippen LogP contribution < -0.4 is 5.32 Å². The third kappa shape index (κ3) is 2.61. The quantitative estimate of drug-likeness (QED) is 0.751. The van der Waals surface area contributed by atoms with Crippen LogP contribution in [0.15, 0.2) is 16.7 Å². The maximum absolute atomic E-state index is 5.48. The second kappa shape index (κ2) is 4.65. The van der Waals surface area contributed by atoms with Crippen molar-refractivity contribution in [1.29, 1.82) is 0 Å². The zero-order chi connectivity index (χ0) is 9.80. The predicted octanol–water partition coefficient (Wildman–Crippen LogP) is 2.87. The molecule has 78 valence electrons. The van der Waals surface area contributed by atoms with Crippen molar-refractivity contribution in [2.24, 2.45) is 0 Å². The Balaban J connectivity index is 1.83. The lowest BCUT2D eigenvalue weighted by Gasteiger charge is -2.02. The van der Waals surface area contributed by atoms with Gasteiger partial charge in [0.1, 0.15) is 5.76 Å². The Morgan fingerprint density at radius 1 is 1.50 bits per heavy atom. The van der Waals surface area contributed by atoms with Gasteiger partial charge in [-0.25, -0.2) is 0 Å². The smallest absolute Gasteiger partial charge is 0.120 e. The lowest BCUT2D eigenvalue weighted by Crippen LogP contribution is -2.15. The van der Waals surface area contributed by atoms with Gasteiger partial charge < -0.3 is 9.73 Å². The minimum Gasteiger partial charge on any atom is -0.468 e. The summed E-state index contributed by atoms with van der Waals surface area (Å²) in [5, 5.41) is 3.48. The molecule has 0 atom stereocenters. The number of hydrogen-bond acceptors (Lipinski definition) is 2. The highest BCUT2D eigenvalue weighted by Gasteiger charge is 2.20. The first-order valence-corrected chi connectivity index (χ1v) is 5.68. The zero-order valence-electron chi connectivity index (χ0n) is 8.88. The summed E-state index contributed by atoms with van der Waals surface area (Å²) in [5.74, 6) is 1.14. The van der Waals surface area contributed by atoms with E-state index in [1.54, 1.807) is 0 Å². The maximum Gasteiger partial charge on any atom is 0.120 e. The number of hydrogen-bond donors (Lipinski definition) is 1. The maximum atomic E-state index is 5.48. The summed E-state index contributed by atoms with van der Waals surface area (Å²) in [4.78, 5) is 0. The Morgan fingerprint density at radius 2 is 2.36 bits per heavy atom. The van der Waals surface area contributed by atoms with Crippen LogP contribution in [0, 0.1) is 0 Å². The molecule has 2 nitrogen and oxygen atoms in total. The van der Waals surface area contributed by atoms with E-state index in [-0.39, 0.29) is 0 Å². The van der Waals surface area contributed by atoms with Crippen LogP contribution in [0.4, 0.5) is 0 Å². The van der Waals surface area contributed by atoms with Crippen molar-refractivity contribution in [2.75, 3.05) is 0 Å². The number of aryl methyl sites for hydroxylation is 1. The highest BCUT2D eigenvalue weighted by Crippen LogP contribution is 2.20. The van der Waals surface area contributed by atoms with E-state index in [9.17, 15) is 0 Å². The molecule has 2 heteroatoms. The summed E-state index contributed by atoms with van der Waals surface area (Å²) in [5.41, 5.74) is 1.39. The fourth-order valence-corrected chi connectivity index (χ4v) is 1.64. The molecule has 2 rings (SSSR count). The summed E-state index contributed by atoms with van der Waals surface area (Å²) in [6.07, 6.45) is 8.16. The van der Waals surface area contributed by atoms with Gasteiger partial charge in [0.25, 0.3) is 0 Å². The van der Waals surface area contributed by atoms with Gasteiger partial charge in [-0.05, 0) is 37.3 Å². The molecule has 1 heterocycles. The monoisotopic (exact) mass is 193 g/mol. The van der Waals surface area contributed by atoms with Crippen molar-refractivity contribution in [3.05, 3.63) is 23.7 Å². The normalized spacial score (nSPS) is 16.1. The van der Waals surface area contributed by atoms with E-state index in [1.807, 2.05) is 6.26 Å². The summed E-state index contributed by atoms with van der Waals surface area (Å²) < 4.78 is 5.48. The van der Waals surface area contributed by atoms with Gasteiger partial charge >= 0.3 is 0 Å². The Labute approximate surface area is 85.7 Å². The molecule has 0 spiro atoms. The minimum atomic E-state index is 0.763. The van der Waals surface area contributed by atoms with Gasteiger partial charge in [-0.2, -0.15) is 0 Å². The molecule has 1 fully saturated rings. The van der Waals surface area contributed by atoms with Crippen molar-refractivity contribution in [2.45, 2.75) is 51.6 Å². The Morgan fingerprint density at radius 3 is 3.07 bits per heavy atom. The van der Waals surface area contributed by atoms with Gasteiger partial charge in [0.2, 0.25) is 0 Å². The van der Waals surface area contributed by atoms with E-state index in [0.29, 0.717) is 0 Å². The van der Waals surface area contributed by atoms with Gasteiger partial charge in [-0.1, -0.05) is 13.3 Å². The van der Waals surface area contributed by atoms with Crippen molar-refractivity contribution in [3.8, 4) is 0 Å². The third-order valence-electron chi connectivity index (χ3n) is 2.77. The van der Waals surface area contributed by atoms with Crippen LogP contribution in [0.3, 0.4) is 0 Å². The zero-order valence-corrected chi connectivity index (χ0v) is 8.88. The van der Waals surface area contributed by atoms with E-state index in [2.05, 4.69) is 18.3 Å². The number of furan rings is 1. The summed E-state index contributed by atoms with van der Waals surface area (Å²) in [6.45, 7) is 3.14. The molecular formula is C12H19NO. The molecule has 0 unspecified atom stereocenters. The van der Waals surface area contributed by atoms with Crippen LogP contribution in [-0.4, -0.2) is 6.04 Å². The minimum absolute atomic E-state index is 0.763. The SMILES string of the molecule is CCCCc1ccoc1CNC1CC1. The molecule has 1 aromatic heterocycles. The molecule has 1 aliphatic carbocycles. The second-order valence-electron chi connectivity index (χ2n) is 4.13. The molecule has 0 bridgehead atoms. The molecule has 1 aliphatic rings. The molecule has 0 aromatic carbocycles. The molecule has 1 saturated carbocycles. The van der Waals surface area contributed by atoms with Crippen LogP contribution in [0.1, 0.15) is 43.9 Å². The second-order valence-corrected chi connectivity index (χ2v) is 4.13. The molecule has 0 aliphatic heterocycles. The van der Waals surface area contributed by atoms with E-state index < -0.39 is 0 Å². The van der Waals surface area contributed by atoms with E-state index in [4.69, 9.17) is 4.42 Å². The Bertz CT molecular complexity index is 276. The van der Waals surface area contributed by atoms with Crippen LogP contribution in [-0.2, 0) is 13.0 Å². The number of nitrogens with one attached hydrogen (secondary N) is 1. The first-order valence-electron chi connectivity index (χ1n) is 5.68. The van der Waals surface area contributed by atoms with Crippen molar-refractivity contribution in [1.82, 2.24) is 5.32 Å². The van der Waals surface area contributed by atoms with Crippen LogP contribution in [0.25, 0.3) is 0 Å². The Hall–Kier alpha value is -0.760. The van der Waals surface area contributed by atoms with E-state index in [1.165, 1.54) is 31.2 Å². The summed E-state index contributed by atoms with van der Waals surface area (Å²) in [7, 11) is 0. The van der Waals surface area contributed by atoms with Crippen LogP contribution in [0.5, 0.6) is 0 Å². The molecule has 14 heavy (non-hydrogen) atoms. The van der Waals surface area contributed by atoms with Crippen LogP contribution in [0.2, 0.25) is 0 Å². The van der Waals surface area contributed by atoms with E-state index in [0.717, 1.165) is 24.8 Å². The predicted molar refractivity (Wildman–Crippen MR) is 57.2 cm³/mol. The molecule has 0 radical (unpaired) electrons. The molecule has 1 N–H and O–H groups in total. The molecule has 0 saturated heterocycles. The lowest BCUT2D eigenvalue weighted by molar-refractivity contribution is 0.476. The average Bonchev–Trinajstić information content (AvgIpc) is 2.92. The first kappa shape index (κ1) is 9.78. The number of unbranched alkanes of at least 4 members (excludes halogenated alkanes) is 1. The summed E-state index contributed by atoms with van der Waals surface area (Å²) in [6, 6.07) is 2.87. The lowest BCUT2D eigenvalue weighted by atomic mass is 10.1. The largest absolute Gasteiger partial charge is 0.468 e. The van der Waals surface area contributed by atoms with Gasteiger partial charge in [0.05, 0.1) is 12.8 Å². The fraction of sp³-hybridized carbons (Fsp3) is 0.667. The fourth-order valence-electron chi connectivity index (χ4n) is 1.64. The van der Waals surface area contributed by atoms with Crippen molar-refractivity contribution >= 4 is 0 Å². The highest BCUT2D eigenvalue weighted by molar-refractivity contribution is 5.17. The Kier molecular flexibility index (Phi) is 3.25. The standard InChI is InChI=1S/C12H19NO/c1-2-3-4-10-7-8-14-12(10)9-13-11-5-6-11/h7-8,11,13H,2-6,9H2,1H3. The van der Waals surface area contributed by atoms with E-state index >= 15 is 0 Å². The topological polar surface area (TPSA) is 25.2 Å². The van der Waals surface area contributed by atoms with Gasteiger partial charge in [-0.3, -0.25) is 0 Å². The van der Waals surface area contributed by atoms with Gasteiger partial charge in [0, 0.05) is 6.04 Å². The van der Waals surface area contributed by atoms with Gasteiger partial charge in [0.15, 0.2) is 0 Å². The molecule has 0 amide bonds. The molecule has 1 aromatic rings.